The third kappa shape index (κ3) is 3.93. The van der Waals surface area contributed by atoms with Crippen molar-refractivity contribution < 1.29 is 14.6 Å². The molecule has 2 heterocycles. The van der Waals surface area contributed by atoms with Crippen molar-refractivity contribution in [3.05, 3.63) is 48.0 Å². The molecule has 1 aromatic heterocycles. The van der Waals surface area contributed by atoms with E-state index in [1.165, 1.54) is 0 Å². The van der Waals surface area contributed by atoms with Crippen molar-refractivity contribution in [3.63, 3.8) is 0 Å². The number of aryl methyl sites for hydroxylation is 1. The standard InChI is InChI=1S/C18H24N4O3/c1-21-11-8-19-17(21)16(13-4-3-5-15(12-13)25-2)20-18(24)22-9-6-14(23)7-10-22/h3-5,8,11-12,14,16,23H,6-7,9-10H2,1-2H3,(H,20,24). The summed E-state index contributed by atoms with van der Waals surface area (Å²) < 4.78 is 7.20. The first kappa shape index (κ1) is 17.3. The highest BCUT2D eigenvalue weighted by Gasteiger charge is 2.26. The molecule has 1 saturated heterocycles. The molecule has 25 heavy (non-hydrogen) atoms. The lowest BCUT2D eigenvalue weighted by Gasteiger charge is -2.31. The van der Waals surface area contributed by atoms with Gasteiger partial charge in [0.15, 0.2) is 0 Å². The van der Waals surface area contributed by atoms with E-state index in [4.69, 9.17) is 4.74 Å². The van der Waals surface area contributed by atoms with Gasteiger partial charge in [-0.1, -0.05) is 12.1 Å². The van der Waals surface area contributed by atoms with Crippen molar-refractivity contribution in [2.24, 2.45) is 7.05 Å². The number of likely N-dealkylation sites (tertiary alicyclic amines) is 1. The molecule has 1 unspecified atom stereocenters. The first-order valence-electron chi connectivity index (χ1n) is 8.43. The predicted molar refractivity (Wildman–Crippen MR) is 93.4 cm³/mol. The smallest absolute Gasteiger partial charge is 0.318 e. The van der Waals surface area contributed by atoms with Crippen molar-refractivity contribution in [2.45, 2.75) is 25.0 Å². The van der Waals surface area contributed by atoms with Gasteiger partial charge < -0.3 is 24.6 Å². The maximum atomic E-state index is 12.7. The number of hydrogen-bond acceptors (Lipinski definition) is 4. The summed E-state index contributed by atoms with van der Waals surface area (Å²) in [6.45, 7) is 1.11. The molecule has 1 aliphatic heterocycles. The Labute approximate surface area is 147 Å². The summed E-state index contributed by atoms with van der Waals surface area (Å²) in [6, 6.07) is 7.08. The van der Waals surface area contributed by atoms with Gasteiger partial charge in [0.05, 0.1) is 13.2 Å². The lowest BCUT2D eigenvalue weighted by atomic mass is 10.1. The average Bonchev–Trinajstić information content (AvgIpc) is 3.06. The van der Waals surface area contributed by atoms with Gasteiger partial charge in [-0.25, -0.2) is 9.78 Å². The number of aliphatic hydroxyl groups excluding tert-OH is 1. The minimum atomic E-state index is -0.380. The predicted octanol–water partition coefficient (Wildman–Crippen LogP) is 1.68. The van der Waals surface area contributed by atoms with E-state index in [9.17, 15) is 9.90 Å². The number of amides is 2. The maximum Gasteiger partial charge on any atom is 0.318 e. The number of rotatable bonds is 4. The zero-order valence-corrected chi connectivity index (χ0v) is 14.6. The number of aliphatic hydroxyl groups is 1. The molecule has 1 fully saturated rings. The molecule has 2 N–H and O–H groups in total. The van der Waals surface area contributed by atoms with Crippen LogP contribution in [0.3, 0.4) is 0 Å². The molecular formula is C18H24N4O3. The van der Waals surface area contributed by atoms with Crippen LogP contribution in [0.4, 0.5) is 4.79 Å². The molecule has 0 aliphatic carbocycles. The van der Waals surface area contributed by atoms with Crippen molar-refractivity contribution in [3.8, 4) is 5.75 Å². The molecule has 0 saturated carbocycles. The van der Waals surface area contributed by atoms with Gasteiger partial charge in [-0.15, -0.1) is 0 Å². The van der Waals surface area contributed by atoms with E-state index in [1.807, 2.05) is 42.1 Å². The lowest BCUT2D eigenvalue weighted by Crippen LogP contribution is -2.47. The van der Waals surface area contributed by atoms with Crippen LogP contribution in [-0.2, 0) is 7.05 Å². The topological polar surface area (TPSA) is 79.6 Å². The van der Waals surface area contributed by atoms with Crippen LogP contribution >= 0.6 is 0 Å². The van der Waals surface area contributed by atoms with Gasteiger partial charge >= 0.3 is 6.03 Å². The Kier molecular flexibility index (Phi) is 5.23. The van der Waals surface area contributed by atoms with E-state index in [2.05, 4.69) is 10.3 Å². The summed E-state index contributed by atoms with van der Waals surface area (Å²) in [5.74, 6) is 1.48. The second-order valence-corrected chi connectivity index (χ2v) is 6.27. The summed E-state index contributed by atoms with van der Waals surface area (Å²) >= 11 is 0. The molecule has 7 nitrogen and oxygen atoms in total. The van der Waals surface area contributed by atoms with E-state index in [1.54, 1.807) is 18.2 Å². The number of benzene rings is 1. The number of urea groups is 1. The molecule has 2 aromatic rings. The molecule has 1 aliphatic rings. The molecular weight excluding hydrogens is 320 g/mol. The zero-order chi connectivity index (χ0) is 17.8. The molecule has 134 valence electrons. The van der Waals surface area contributed by atoms with Crippen LogP contribution in [0, 0.1) is 0 Å². The van der Waals surface area contributed by atoms with Crippen LogP contribution in [0.2, 0.25) is 0 Å². The first-order chi connectivity index (χ1) is 12.1. The highest BCUT2D eigenvalue weighted by Crippen LogP contribution is 2.24. The maximum absolute atomic E-state index is 12.7. The summed E-state index contributed by atoms with van der Waals surface area (Å²) in [5, 5.41) is 12.7. The fraction of sp³-hybridized carbons (Fsp3) is 0.444. The van der Waals surface area contributed by atoms with Gasteiger partial charge in [0.25, 0.3) is 0 Å². The number of piperidine rings is 1. The van der Waals surface area contributed by atoms with Crippen molar-refractivity contribution in [2.75, 3.05) is 20.2 Å². The lowest BCUT2D eigenvalue weighted by molar-refractivity contribution is 0.0930. The van der Waals surface area contributed by atoms with Gasteiger partial charge in [-0.05, 0) is 30.5 Å². The Morgan fingerprint density at radius 1 is 1.40 bits per heavy atom. The summed E-state index contributed by atoms with van der Waals surface area (Å²) in [7, 11) is 3.52. The van der Waals surface area contributed by atoms with E-state index >= 15 is 0 Å². The fourth-order valence-electron chi connectivity index (χ4n) is 3.06. The monoisotopic (exact) mass is 344 g/mol. The summed E-state index contributed by atoms with van der Waals surface area (Å²) in [4.78, 5) is 18.9. The number of nitrogens with zero attached hydrogens (tertiary/aromatic N) is 3. The van der Waals surface area contributed by atoms with Crippen LogP contribution < -0.4 is 10.1 Å². The zero-order valence-electron chi connectivity index (χ0n) is 14.6. The highest BCUT2D eigenvalue weighted by molar-refractivity contribution is 5.75. The fourth-order valence-corrected chi connectivity index (χ4v) is 3.06. The number of imidazole rings is 1. The van der Waals surface area contributed by atoms with Crippen LogP contribution in [0.5, 0.6) is 5.75 Å². The molecule has 3 rings (SSSR count). The Bertz CT molecular complexity index is 723. The Hall–Kier alpha value is -2.54. The van der Waals surface area contributed by atoms with Crippen molar-refractivity contribution in [1.82, 2.24) is 19.8 Å². The van der Waals surface area contributed by atoms with Gasteiger partial charge in [-0.3, -0.25) is 0 Å². The molecule has 1 aromatic carbocycles. The van der Waals surface area contributed by atoms with Crippen LogP contribution in [0.25, 0.3) is 0 Å². The van der Waals surface area contributed by atoms with Crippen LogP contribution in [0.1, 0.15) is 30.3 Å². The van der Waals surface area contributed by atoms with Crippen LogP contribution in [-0.4, -0.2) is 51.9 Å². The number of nitrogens with one attached hydrogen (secondary N) is 1. The molecule has 0 radical (unpaired) electrons. The van der Waals surface area contributed by atoms with E-state index in [0.717, 1.165) is 17.1 Å². The van der Waals surface area contributed by atoms with Gasteiger partial charge in [0, 0.05) is 32.5 Å². The molecule has 0 bridgehead atoms. The quantitative estimate of drug-likeness (QED) is 0.884. The highest BCUT2D eigenvalue weighted by atomic mass is 16.5. The van der Waals surface area contributed by atoms with Crippen molar-refractivity contribution in [1.29, 1.82) is 0 Å². The average molecular weight is 344 g/mol. The second kappa shape index (κ2) is 7.57. The number of methoxy groups -OCH3 is 1. The molecule has 1 atom stereocenters. The normalized spacial score (nSPS) is 16.5. The molecule has 7 heteroatoms. The van der Waals surface area contributed by atoms with Gasteiger partial charge in [-0.2, -0.15) is 0 Å². The minimum absolute atomic E-state index is 0.150. The van der Waals surface area contributed by atoms with E-state index in [0.29, 0.717) is 25.9 Å². The summed E-state index contributed by atoms with van der Waals surface area (Å²) in [5.41, 5.74) is 0.902. The molecule has 0 spiro atoms. The first-order valence-corrected chi connectivity index (χ1v) is 8.43. The third-order valence-electron chi connectivity index (χ3n) is 4.56. The Balaban J connectivity index is 1.84. The summed E-state index contributed by atoms with van der Waals surface area (Å²) in [6.07, 6.45) is 4.48. The Morgan fingerprint density at radius 3 is 2.80 bits per heavy atom. The number of hydrogen-bond donors (Lipinski definition) is 2. The number of ether oxygens (including phenoxy) is 1. The number of carbonyl (C=O) groups excluding carboxylic acids is 1. The van der Waals surface area contributed by atoms with Gasteiger partial charge in [0.1, 0.15) is 17.6 Å². The Morgan fingerprint density at radius 2 is 2.16 bits per heavy atom. The second-order valence-electron chi connectivity index (χ2n) is 6.27. The SMILES string of the molecule is COc1cccc(C(NC(=O)N2CCC(O)CC2)c2nccn2C)c1. The van der Waals surface area contributed by atoms with Crippen LogP contribution in [0.15, 0.2) is 36.7 Å². The number of aromatic nitrogens is 2. The third-order valence-corrected chi connectivity index (χ3v) is 4.56. The van der Waals surface area contributed by atoms with E-state index in [-0.39, 0.29) is 18.2 Å². The van der Waals surface area contributed by atoms with Crippen molar-refractivity contribution >= 4 is 6.03 Å². The van der Waals surface area contributed by atoms with E-state index < -0.39 is 0 Å². The van der Waals surface area contributed by atoms with Gasteiger partial charge in [0.2, 0.25) is 0 Å². The minimum Gasteiger partial charge on any atom is -0.497 e. The molecule has 2 amide bonds. The largest absolute Gasteiger partial charge is 0.497 e. The number of carbonyl (C=O) groups is 1.